The van der Waals surface area contributed by atoms with Crippen molar-refractivity contribution < 1.29 is 19.4 Å². The average Bonchev–Trinajstić information content (AvgIpc) is 2.85. The van der Waals surface area contributed by atoms with Crippen LogP contribution in [0.4, 0.5) is 4.79 Å². The van der Waals surface area contributed by atoms with Crippen molar-refractivity contribution in [2.75, 3.05) is 7.11 Å². The molecule has 0 aromatic heterocycles. The predicted molar refractivity (Wildman–Crippen MR) is 105 cm³/mol. The van der Waals surface area contributed by atoms with Gasteiger partial charge >= 0.3 is 0 Å². The molecule has 0 unspecified atom stereocenters. The lowest BCUT2D eigenvalue weighted by atomic mass is 10.1. The van der Waals surface area contributed by atoms with Crippen molar-refractivity contribution in [3.63, 3.8) is 0 Å². The van der Waals surface area contributed by atoms with Gasteiger partial charge < -0.3 is 9.84 Å². The van der Waals surface area contributed by atoms with E-state index in [1.165, 1.54) is 12.0 Å². The number of halogens is 1. The molecule has 5 nitrogen and oxygen atoms in total. The lowest BCUT2D eigenvalue weighted by Crippen LogP contribution is -2.27. The van der Waals surface area contributed by atoms with Gasteiger partial charge in [0, 0.05) is 0 Å². The summed E-state index contributed by atoms with van der Waals surface area (Å²) in [5, 5.41) is 9.58. The Hall–Kier alpha value is -2.25. The van der Waals surface area contributed by atoms with Gasteiger partial charge in [-0.3, -0.25) is 14.5 Å². The van der Waals surface area contributed by atoms with Gasteiger partial charge in [-0.15, -0.1) is 0 Å². The number of phenols is 1. The number of hydrogen-bond acceptors (Lipinski definition) is 5. The SMILES string of the molecule is COc1cc(/C=C2\SC(=O)N(Cc3cccc(C)c3)C2=O)cc(Br)c1O. The van der Waals surface area contributed by atoms with Crippen molar-refractivity contribution in [3.8, 4) is 11.5 Å². The van der Waals surface area contributed by atoms with Gasteiger partial charge in [-0.1, -0.05) is 29.8 Å². The van der Waals surface area contributed by atoms with Crippen LogP contribution < -0.4 is 4.74 Å². The molecule has 1 aliphatic rings. The van der Waals surface area contributed by atoms with E-state index in [0.29, 0.717) is 14.9 Å². The third-order valence-corrected chi connectivity index (χ3v) is 5.38. The van der Waals surface area contributed by atoms with E-state index in [0.717, 1.165) is 22.9 Å². The van der Waals surface area contributed by atoms with Crippen molar-refractivity contribution in [2.24, 2.45) is 0 Å². The van der Waals surface area contributed by atoms with Gasteiger partial charge in [0.1, 0.15) is 0 Å². The van der Waals surface area contributed by atoms with Crippen molar-refractivity contribution in [2.45, 2.75) is 13.5 Å². The number of hydrogen-bond donors (Lipinski definition) is 1. The van der Waals surface area contributed by atoms with Gasteiger partial charge in [0.25, 0.3) is 11.1 Å². The van der Waals surface area contributed by atoms with E-state index in [-0.39, 0.29) is 29.2 Å². The highest BCUT2D eigenvalue weighted by atomic mass is 79.9. The minimum atomic E-state index is -0.329. The Kier molecular flexibility index (Phi) is 5.38. The van der Waals surface area contributed by atoms with Crippen LogP contribution in [0.25, 0.3) is 6.08 Å². The molecule has 1 heterocycles. The molecule has 1 fully saturated rings. The van der Waals surface area contributed by atoms with Crippen molar-refractivity contribution in [1.29, 1.82) is 0 Å². The first-order valence-electron chi connectivity index (χ1n) is 7.76. The van der Waals surface area contributed by atoms with Gasteiger partial charge in [-0.25, -0.2) is 0 Å². The number of aromatic hydroxyl groups is 1. The maximum atomic E-state index is 12.6. The predicted octanol–water partition coefficient (Wildman–Crippen LogP) is 4.71. The lowest BCUT2D eigenvalue weighted by molar-refractivity contribution is -0.123. The molecule has 0 bridgehead atoms. The van der Waals surface area contributed by atoms with Gasteiger partial charge in [-0.2, -0.15) is 0 Å². The van der Waals surface area contributed by atoms with Gasteiger partial charge in [0.05, 0.1) is 23.0 Å². The van der Waals surface area contributed by atoms with Crippen molar-refractivity contribution in [3.05, 3.63) is 62.5 Å². The molecule has 0 atom stereocenters. The first-order chi connectivity index (χ1) is 12.4. The number of rotatable bonds is 4. The topological polar surface area (TPSA) is 66.8 Å². The number of amides is 2. The Morgan fingerprint density at radius 3 is 2.73 bits per heavy atom. The van der Waals surface area contributed by atoms with E-state index < -0.39 is 0 Å². The second-order valence-electron chi connectivity index (χ2n) is 5.81. The van der Waals surface area contributed by atoms with Gasteiger partial charge in [0.2, 0.25) is 0 Å². The Morgan fingerprint density at radius 2 is 2.04 bits per heavy atom. The molecule has 0 aliphatic carbocycles. The van der Waals surface area contributed by atoms with Gasteiger partial charge in [0.15, 0.2) is 11.5 Å². The van der Waals surface area contributed by atoms with E-state index in [9.17, 15) is 14.7 Å². The fraction of sp³-hybridized carbons (Fsp3) is 0.158. The molecular formula is C19H16BrNO4S. The maximum absolute atomic E-state index is 12.6. The van der Waals surface area contributed by atoms with Crippen LogP contribution in [0, 0.1) is 6.92 Å². The highest BCUT2D eigenvalue weighted by Gasteiger charge is 2.35. The van der Waals surface area contributed by atoms with E-state index in [2.05, 4.69) is 15.9 Å². The van der Waals surface area contributed by atoms with Crippen LogP contribution in [-0.2, 0) is 11.3 Å². The first-order valence-corrected chi connectivity index (χ1v) is 9.37. The summed E-state index contributed by atoms with van der Waals surface area (Å²) in [5.41, 5.74) is 2.63. The Balaban J connectivity index is 1.87. The summed E-state index contributed by atoms with van der Waals surface area (Å²) in [6, 6.07) is 11.0. The highest BCUT2D eigenvalue weighted by molar-refractivity contribution is 9.10. The number of aryl methyl sites for hydroxylation is 1. The third kappa shape index (κ3) is 3.78. The van der Waals surface area contributed by atoms with Gasteiger partial charge in [-0.05, 0) is 64.0 Å². The Labute approximate surface area is 163 Å². The molecule has 2 aromatic rings. The average molecular weight is 434 g/mol. The quantitative estimate of drug-likeness (QED) is 0.707. The summed E-state index contributed by atoms with van der Waals surface area (Å²) in [7, 11) is 1.45. The summed E-state index contributed by atoms with van der Waals surface area (Å²) in [6.07, 6.45) is 1.62. The molecule has 3 rings (SSSR count). The van der Waals surface area contributed by atoms with Crippen LogP contribution in [0.15, 0.2) is 45.8 Å². The molecular weight excluding hydrogens is 418 g/mol. The molecule has 1 saturated heterocycles. The molecule has 2 aromatic carbocycles. The molecule has 0 saturated carbocycles. The fourth-order valence-electron chi connectivity index (χ4n) is 2.61. The van der Waals surface area contributed by atoms with E-state index >= 15 is 0 Å². The van der Waals surface area contributed by atoms with Crippen LogP contribution in [-0.4, -0.2) is 28.3 Å². The van der Waals surface area contributed by atoms with Crippen LogP contribution in [0.2, 0.25) is 0 Å². The second-order valence-corrected chi connectivity index (χ2v) is 7.66. The smallest absolute Gasteiger partial charge is 0.293 e. The standard InChI is InChI=1S/C19H16BrNO4S/c1-11-4-3-5-12(6-11)10-21-18(23)16(26-19(21)24)9-13-7-14(20)17(22)15(8-13)25-2/h3-9,22H,10H2,1-2H3/b16-9-. The minimum Gasteiger partial charge on any atom is -0.503 e. The molecule has 2 amide bonds. The molecule has 1 aliphatic heterocycles. The number of phenolic OH excluding ortho intramolecular Hbond substituents is 1. The summed E-state index contributed by atoms with van der Waals surface area (Å²) >= 11 is 4.15. The summed E-state index contributed by atoms with van der Waals surface area (Å²) in [6.45, 7) is 2.21. The monoisotopic (exact) mass is 433 g/mol. The van der Waals surface area contributed by atoms with E-state index in [1.807, 2.05) is 31.2 Å². The fourth-order valence-corrected chi connectivity index (χ4v) is 3.91. The summed E-state index contributed by atoms with van der Waals surface area (Å²) in [4.78, 5) is 26.5. The highest BCUT2D eigenvalue weighted by Crippen LogP contribution is 2.38. The molecule has 7 heteroatoms. The number of imide groups is 1. The first kappa shape index (κ1) is 18.5. The molecule has 0 spiro atoms. The zero-order valence-corrected chi connectivity index (χ0v) is 16.6. The summed E-state index contributed by atoms with van der Waals surface area (Å²) in [5.74, 6) is -0.0634. The number of nitrogens with zero attached hydrogens (tertiary/aromatic N) is 1. The molecule has 0 radical (unpaired) electrons. The van der Waals surface area contributed by atoms with E-state index in [4.69, 9.17) is 4.74 Å². The van der Waals surface area contributed by atoms with Crippen molar-refractivity contribution in [1.82, 2.24) is 4.90 Å². The van der Waals surface area contributed by atoms with Crippen molar-refractivity contribution >= 4 is 44.9 Å². The molecule has 26 heavy (non-hydrogen) atoms. The number of carbonyl (C=O) groups excluding carboxylic acids is 2. The Bertz CT molecular complexity index is 926. The zero-order valence-electron chi connectivity index (χ0n) is 14.2. The van der Waals surface area contributed by atoms with Crippen LogP contribution in [0.3, 0.4) is 0 Å². The Morgan fingerprint density at radius 1 is 1.27 bits per heavy atom. The molecule has 134 valence electrons. The minimum absolute atomic E-state index is 0.0165. The number of ether oxygens (including phenoxy) is 1. The lowest BCUT2D eigenvalue weighted by Gasteiger charge is -2.12. The zero-order chi connectivity index (χ0) is 18.8. The number of thioether (sulfide) groups is 1. The normalized spacial score (nSPS) is 15.8. The number of benzene rings is 2. The summed E-state index contributed by atoms with van der Waals surface area (Å²) < 4.78 is 5.56. The number of carbonyl (C=O) groups is 2. The largest absolute Gasteiger partial charge is 0.503 e. The van der Waals surface area contributed by atoms with Crippen LogP contribution in [0.1, 0.15) is 16.7 Å². The van der Waals surface area contributed by atoms with Crippen LogP contribution >= 0.6 is 27.7 Å². The van der Waals surface area contributed by atoms with E-state index in [1.54, 1.807) is 18.2 Å². The van der Waals surface area contributed by atoms with Crippen LogP contribution in [0.5, 0.6) is 11.5 Å². The molecule has 1 N–H and O–H groups in total. The second kappa shape index (κ2) is 7.55. The third-order valence-electron chi connectivity index (χ3n) is 3.87. The number of methoxy groups -OCH3 is 1. The maximum Gasteiger partial charge on any atom is 0.293 e.